The van der Waals surface area contributed by atoms with Crippen LogP contribution >= 0.6 is 11.3 Å². The Balaban J connectivity index is 2.85. The molecule has 0 aromatic carbocycles. The molecular weight excluding hydrogens is 268 g/mol. The number of nitrogens with one attached hydrogen (secondary N) is 2. The molecule has 1 heterocycles. The zero-order valence-electron chi connectivity index (χ0n) is 11.2. The number of carbonyl (C=O) groups excluding carboxylic acids is 1. The number of aromatic nitrogens is 1. The predicted molar refractivity (Wildman–Crippen MR) is 75.3 cm³/mol. The lowest BCUT2D eigenvalue weighted by Crippen LogP contribution is -2.51. The van der Waals surface area contributed by atoms with Gasteiger partial charge in [0.25, 0.3) is 5.91 Å². The van der Waals surface area contributed by atoms with E-state index in [0.717, 1.165) is 11.3 Å². The summed E-state index contributed by atoms with van der Waals surface area (Å²) >= 11 is 1.14. The Kier molecular flexibility index (Phi) is 5.10. The molecule has 8 heteroatoms. The van der Waals surface area contributed by atoms with Gasteiger partial charge in [0.2, 0.25) is 0 Å². The highest BCUT2D eigenvalue weighted by molar-refractivity contribution is 7.18. The van der Waals surface area contributed by atoms with E-state index in [4.69, 9.17) is 15.9 Å². The highest BCUT2D eigenvalue weighted by Gasteiger charge is 2.27. The van der Waals surface area contributed by atoms with Crippen molar-refractivity contribution in [3.63, 3.8) is 0 Å². The number of nitrogen functional groups attached to an aromatic ring is 1. The van der Waals surface area contributed by atoms with Gasteiger partial charge < -0.3 is 26.6 Å². The normalized spacial score (nSPS) is 11.7. The number of nitrogens with zero attached hydrogens (tertiary/aromatic N) is 1. The SMILES string of the molecule is CC(C)Nc1nc(N)c(C(=O)NC(C)(CO)CO)s1. The van der Waals surface area contributed by atoms with Gasteiger partial charge in [0, 0.05) is 6.04 Å². The van der Waals surface area contributed by atoms with Gasteiger partial charge in [0.05, 0.1) is 18.8 Å². The first kappa shape index (κ1) is 15.7. The standard InChI is InChI=1S/C11H20N4O3S/c1-6(2)13-10-14-8(12)7(19-10)9(18)15-11(3,4-16)5-17/h6,16-17H,4-5,12H2,1-3H3,(H,13,14)(H,15,18). The van der Waals surface area contributed by atoms with E-state index in [0.29, 0.717) is 5.13 Å². The summed E-state index contributed by atoms with van der Waals surface area (Å²) in [5.74, 6) is -0.332. The number of rotatable bonds is 6. The molecule has 108 valence electrons. The average Bonchev–Trinajstić information content (AvgIpc) is 2.69. The van der Waals surface area contributed by atoms with Gasteiger partial charge >= 0.3 is 0 Å². The highest BCUT2D eigenvalue weighted by Crippen LogP contribution is 2.25. The van der Waals surface area contributed by atoms with Crippen molar-refractivity contribution >= 4 is 28.2 Å². The van der Waals surface area contributed by atoms with Gasteiger partial charge in [-0.05, 0) is 20.8 Å². The van der Waals surface area contributed by atoms with E-state index in [1.807, 2.05) is 13.8 Å². The van der Waals surface area contributed by atoms with E-state index in [-0.39, 0.29) is 30.0 Å². The van der Waals surface area contributed by atoms with Crippen LogP contribution in [0.5, 0.6) is 0 Å². The van der Waals surface area contributed by atoms with Crippen LogP contribution in [0.15, 0.2) is 0 Å². The summed E-state index contributed by atoms with van der Waals surface area (Å²) in [7, 11) is 0. The number of anilines is 2. The Bertz CT molecular complexity index is 443. The Morgan fingerprint density at radius 2 is 2.05 bits per heavy atom. The first-order chi connectivity index (χ1) is 8.81. The van der Waals surface area contributed by atoms with Gasteiger partial charge in [-0.3, -0.25) is 4.79 Å². The molecule has 0 aliphatic heterocycles. The topological polar surface area (TPSA) is 120 Å². The molecule has 1 rings (SSSR count). The third-order valence-electron chi connectivity index (χ3n) is 2.39. The molecule has 0 radical (unpaired) electrons. The molecule has 1 aromatic heterocycles. The summed E-state index contributed by atoms with van der Waals surface area (Å²) < 4.78 is 0. The molecule has 0 spiro atoms. The Morgan fingerprint density at radius 1 is 1.47 bits per heavy atom. The minimum Gasteiger partial charge on any atom is -0.394 e. The molecule has 7 nitrogen and oxygen atoms in total. The van der Waals surface area contributed by atoms with Gasteiger partial charge in [0.15, 0.2) is 5.13 Å². The number of thiazole rings is 1. The monoisotopic (exact) mass is 288 g/mol. The number of aliphatic hydroxyl groups is 2. The third-order valence-corrected chi connectivity index (χ3v) is 3.39. The van der Waals surface area contributed by atoms with Crippen LogP contribution < -0.4 is 16.4 Å². The van der Waals surface area contributed by atoms with Crippen LogP contribution in [0.25, 0.3) is 0 Å². The van der Waals surface area contributed by atoms with Crippen LogP contribution in [0.2, 0.25) is 0 Å². The van der Waals surface area contributed by atoms with Crippen LogP contribution in [0.1, 0.15) is 30.4 Å². The number of aliphatic hydroxyl groups excluding tert-OH is 2. The molecule has 0 unspecified atom stereocenters. The van der Waals surface area contributed by atoms with Crippen molar-refractivity contribution in [2.24, 2.45) is 0 Å². The van der Waals surface area contributed by atoms with Crippen LogP contribution in [0, 0.1) is 0 Å². The van der Waals surface area contributed by atoms with Crippen molar-refractivity contribution in [1.29, 1.82) is 0 Å². The molecular formula is C11H20N4O3S. The predicted octanol–water partition coefficient (Wildman–Crippen LogP) is 0.0187. The lowest BCUT2D eigenvalue weighted by molar-refractivity contribution is 0.0728. The third kappa shape index (κ3) is 4.05. The first-order valence-corrected chi connectivity index (χ1v) is 6.70. The number of hydrogen-bond donors (Lipinski definition) is 5. The van der Waals surface area contributed by atoms with Crippen molar-refractivity contribution in [3.8, 4) is 0 Å². The molecule has 19 heavy (non-hydrogen) atoms. The average molecular weight is 288 g/mol. The van der Waals surface area contributed by atoms with Crippen molar-refractivity contribution in [1.82, 2.24) is 10.3 Å². The van der Waals surface area contributed by atoms with Crippen LogP contribution in [0.4, 0.5) is 10.9 Å². The molecule has 0 atom stereocenters. The Hall–Kier alpha value is -1.38. The maximum Gasteiger partial charge on any atom is 0.265 e. The molecule has 0 aliphatic carbocycles. The second-order valence-electron chi connectivity index (χ2n) is 4.86. The zero-order chi connectivity index (χ0) is 14.6. The summed E-state index contributed by atoms with van der Waals surface area (Å²) in [5.41, 5.74) is 4.61. The van der Waals surface area contributed by atoms with E-state index >= 15 is 0 Å². The minimum atomic E-state index is -1.08. The van der Waals surface area contributed by atoms with Gasteiger partial charge in [0.1, 0.15) is 10.7 Å². The number of hydrogen-bond acceptors (Lipinski definition) is 7. The molecule has 6 N–H and O–H groups in total. The molecule has 0 saturated heterocycles. The fraction of sp³-hybridized carbons (Fsp3) is 0.636. The lowest BCUT2D eigenvalue weighted by atomic mass is 10.1. The number of carbonyl (C=O) groups is 1. The second kappa shape index (κ2) is 6.18. The molecule has 0 saturated carbocycles. The fourth-order valence-electron chi connectivity index (χ4n) is 1.26. The zero-order valence-corrected chi connectivity index (χ0v) is 12.0. The van der Waals surface area contributed by atoms with Gasteiger partial charge in [-0.25, -0.2) is 4.98 Å². The summed E-state index contributed by atoms with van der Waals surface area (Å²) in [5, 5.41) is 24.5. The second-order valence-corrected chi connectivity index (χ2v) is 5.86. The quantitative estimate of drug-likeness (QED) is 0.503. The first-order valence-electron chi connectivity index (χ1n) is 5.88. The summed E-state index contributed by atoms with van der Waals surface area (Å²) in [6.07, 6.45) is 0. The van der Waals surface area contributed by atoms with Crippen molar-refractivity contribution in [2.75, 3.05) is 24.3 Å². The summed E-state index contributed by atoms with van der Waals surface area (Å²) in [6.45, 7) is 4.70. The number of nitrogens with two attached hydrogens (primary N) is 1. The molecule has 1 amide bonds. The van der Waals surface area contributed by atoms with Crippen molar-refractivity contribution in [2.45, 2.75) is 32.4 Å². The molecule has 0 fully saturated rings. The summed E-state index contributed by atoms with van der Waals surface area (Å²) in [4.78, 5) is 16.3. The maximum absolute atomic E-state index is 12.0. The fourth-order valence-corrected chi connectivity index (χ4v) is 2.19. The van der Waals surface area contributed by atoms with Gasteiger partial charge in [-0.15, -0.1) is 0 Å². The maximum atomic E-state index is 12.0. The van der Waals surface area contributed by atoms with Crippen LogP contribution in [-0.4, -0.2) is 45.9 Å². The number of amides is 1. The Labute approximate surface area is 115 Å². The van der Waals surface area contributed by atoms with E-state index in [2.05, 4.69) is 15.6 Å². The van der Waals surface area contributed by atoms with Crippen molar-refractivity contribution < 1.29 is 15.0 Å². The molecule has 0 aliphatic rings. The van der Waals surface area contributed by atoms with Crippen LogP contribution in [-0.2, 0) is 0 Å². The molecule has 1 aromatic rings. The van der Waals surface area contributed by atoms with Crippen molar-refractivity contribution in [3.05, 3.63) is 4.88 Å². The summed E-state index contributed by atoms with van der Waals surface area (Å²) in [6, 6.07) is 0.182. The Morgan fingerprint density at radius 3 is 2.53 bits per heavy atom. The largest absolute Gasteiger partial charge is 0.394 e. The molecule has 0 bridgehead atoms. The highest BCUT2D eigenvalue weighted by atomic mass is 32.1. The van der Waals surface area contributed by atoms with Gasteiger partial charge in [-0.1, -0.05) is 11.3 Å². The minimum absolute atomic E-state index is 0.129. The van der Waals surface area contributed by atoms with E-state index < -0.39 is 11.4 Å². The van der Waals surface area contributed by atoms with E-state index in [1.54, 1.807) is 0 Å². The van der Waals surface area contributed by atoms with E-state index in [1.165, 1.54) is 6.92 Å². The van der Waals surface area contributed by atoms with Crippen LogP contribution in [0.3, 0.4) is 0 Å². The van der Waals surface area contributed by atoms with Gasteiger partial charge in [-0.2, -0.15) is 0 Å². The lowest BCUT2D eigenvalue weighted by Gasteiger charge is -2.25. The smallest absolute Gasteiger partial charge is 0.265 e. The van der Waals surface area contributed by atoms with E-state index in [9.17, 15) is 4.79 Å².